The quantitative estimate of drug-likeness (QED) is 0.311. The van der Waals surface area contributed by atoms with Gasteiger partial charge < -0.3 is 24.3 Å². The van der Waals surface area contributed by atoms with Gasteiger partial charge in [0.15, 0.2) is 23.4 Å². The van der Waals surface area contributed by atoms with Gasteiger partial charge in [-0.15, -0.1) is 0 Å². The number of esters is 1. The predicted molar refractivity (Wildman–Crippen MR) is 126 cm³/mol. The summed E-state index contributed by atoms with van der Waals surface area (Å²) in [6.07, 6.45) is 1.75. The van der Waals surface area contributed by atoms with Crippen molar-refractivity contribution < 1.29 is 27.9 Å². The van der Waals surface area contributed by atoms with Crippen LogP contribution >= 0.6 is 7.60 Å². The van der Waals surface area contributed by atoms with Crippen molar-refractivity contribution in [2.45, 2.75) is 59.0 Å². The number of fused-ring (bicyclic) bond motifs is 1. The average molecular weight is 491 g/mol. The molecular weight excluding hydrogens is 461 g/mol. The van der Waals surface area contributed by atoms with Crippen molar-refractivity contribution in [1.29, 1.82) is 0 Å². The minimum Gasteiger partial charge on any atom is -0.461 e. The molecule has 0 aliphatic carbocycles. The molecule has 0 aliphatic heterocycles. The fourth-order valence-electron chi connectivity index (χ4n) is 3.03. The fourth-order valence-corrected chi connectivity index (χ4v) is 4.83. The second-order valence-corrected chi connectivity index (χ2v) is 10.4. The number of carbonyl (C=O) groups excluding carboxylic acids is 1. The summed E-state index contributed by atoms with van der Waals surface area (Å²) in [4.78, 5) is 24.9. The second kappa shape index (κ2) is 10.5. The number of anilines is 1. The molecule has 184 valence electrons. The summed E-state index contributed by atoms with van der Waals surface area (Å²) in [7, 11) is -3.95. The van der Waals surface area contributed by atoms with E-state index in [-0.39, 0.29) is 11.9 Å². The molecule has 3 aromatic rings. The highest BCUT2D eigenvalue weighted by Crippen LogP contribution is 2.52. The van der Waals surface area contributed by atoms with Crippen LogP contribution in [0.3, 0.4) is 0 Å². The third kappa shape index (κ3) is 6.53. The van der Waals surface area contributed by atoms with Crippen LogP contribution in [0.4, 0.5) is 5.82 Å². The van der Waals surface area contributed by atoms with E-state index < -0.39 is 31.6 Å². The van der Waals surface area contributed by atoms with Gasteiger partial charge in [0, 0.05) is 0 Å². The van der Waals surface area contributed by atoms with Gasteiger partial charge in [-0.1, -0.05) is 18.2 Å². The number of ether oxygens (including phenoxy) is 2. The molecule has 2 atom stereocenters. The Bertz CT molecular complexity index is 1170. The lowest BCUT2D eigenvalue weighted by atomic mass is 10.1. The number of rotatable bonds is 11. The summed E-state index contributed by atoms with van der Waals surface area (Å²) in [5.41, 5.74) is 5.35. The van der Waals surface area contributed by atoms with E-state index in [4.69, 9.17) is 24.3 Å². The number of para-hydroxylation sites is 1. The number of aromatic nitrogens is 4. The Balaban J connectivity index is 1.74. The van der Waals surface area contributed by atoms with E-state index in [0.29, 0.717) is 23.5 Å². The molecule has 2 N–H and O–H groups in total. The molecule has 3 rings (SSSR count). The number of imidazole rings is 1. The lowest BCUT2D eigenvalue weighted by molar-refractivity contribution is -0.163. The van der Waals surface area contributed by atoms with Gasteiger partial charge in [-0.25, -0.2) is 24.3 Å². The van der Waals surface area contributed by atoms with Crippen molar-refractivity contribution in [1.82, 2.24) is 19.5 Å². The van der Waals surface area contributed by atoms with Crippen molar-refractivity contribution in [3.05, 3.63) is 43.0 Å². The SMILES string of the molecule is CC(C)OC(=O)C(C)(C)OP(=O)(CO[C@H](C)Cn1cnc2c(N)ncnc21)Oc1ccccc1. The van der Waals surface area contributed by atoms with E-state index in [1.165, 1.54) is 20.2 Å². The molecule has 0 fully saturated rings. The molecule has 0 saturated heterocycles. The van der Waals surface area contributed by atoms with Gasteiger partial charge in [-0.2, -0.15) is 0 Å². The number of carbonyl (C=O) groups is 1. The first-order valence-electron chi connectivity index (χ1n) is 10.8. The summed E-state index contributed by atoms with van der Waals surface area (Å²) in [5.74, 6) is -0.0560. The third-order valence-electron chi connectivity index (χ3n) is 4.59. The van der Waals surface area contributed by atoms with Crippen LogP contribution in [0, 0.1) is 0 Å². The molecule has 0 spiro atoms. The zero-order valence-electron chi connectivity index (χ0n) is 19.9. The smallest absolute Gasteiger partial charge is 0.405 e. The molecule has 1 unspecified atom stereocenters. The third-order valence-corrected chi connectivity index (χ3v) is 6.28. The zero-order valence-corrected chi connectivity index (χ0v) is 20.8. The van der Waals surface area contributed by atoms with Gasteiger partial charge in [-0.05, 0) is 46.8 Å². The van der Waals surface area contributed by atoms with Gasteiger partial charge in [0.25, 0.3) is 0 Å². The van der Waals surface area contributed by atoms with Crippen molar-refractivity contribution in [3.8, 4) is 5.75 Å². The maximum atomic E-state index is 13.7. The lowest BCUT2D eigenvalue weighted by Gasteiger charge is -2.29. The Morgan fingerprint density at radius 2 is 1.85 bits per heavy atom. The average Bonchev–Trinajstić information content (AvgIpc) is 3.16. The molecule has 2 aromatic heterocycles. The number of hydrogen-bond donors (Lipinski definition) is 1. The molecule has 12 heteroatoms. The van der Waals surface area contributed by atoms with Crippen molar-refractivity contribution in [2.24, 2.45) is 0 Å². The molecule has 1 aromatic carbocycles. The Morgan fingerprint density at radius 3 is 2.53 bits per heavy atom. The number of nitrogens with two attached hydrogens (primary N) is 1. The van der Waals surface area contributed by atoms with Gasteiger partial charge in [0.2, 0.25) is 0 Å². The van der Waals surface area contributed by atoms with Crippen molar-refractivity contribution in [2.75, 3.05) is 12.1 Å². The summed E-state index contributed by atoms with van der Waals surface area (Å²) < 4.78 is 38.0. The highest BCUT2D eigenvalue weighted by molar-refractivity contribution is 7.54. The Hall–Kier alpha value is -3.01. The first-order valence-corrected chi connectivity index (χ1v) is 12.5. The maximum Gasteiger partial charge on any atom is 0.405 e. The normalized spacial score (nSPS) is 14.6. The van der Waals surface area contributed by atoms with Crippen LogP contribution in [0.25, 0.3) is 11.2 Å². The highest BCUT2D eigenvalue weighted by Gasteiger charge is 2.42. The second-order valence-electron chi connectivity index (χ2n) is 8.51. The molecule has 34 heavy (non-hydrogen) atoms. The maximum absolute atomic E-state index is 13.7. The molecule has 2 heterocycles. The van der Waals surface area contributed by atoms with Crippen LogP contribution in [0.5, 0.6) is 5.75 Å². The van der Waals surface area contributed by atoms with E-state index in [1.807, 2.05) is 0 Å². The molecule has 0 aliphatic rings. The molecular formula is C22H30N5O6P. The van der Waals surface area contributed by atoms with E-state index in [9.17, 15) is 9.36 Å². The van der Waals surface area contributed by atoms with Crippen LogP contribution in [0.1, 0.15) is 34.6 Å². The van der Waals surface area contributed by atoms with E-state index in [2.05, 4.69) is 15.0 Å². The van der Waals surface area contributed by atoms with E-state index >= 15 is 0 Å². The summed E-state index contributed by atoms with van der Waals surface area (Å²) >= 11 is 0. The first kappa shape index (κ1) is 25.6. The molecule has 0 bridgehead atoms. The van der Waals surface area contributed by atoms with Gasteiger partial charge in [0.1, 0.15) is 17.6 Å². The van der Waals surface area contributed by atoms with Gasteiger partial charge in [0.05, 0.1) is 25.1 Å². The van der Waals surface area contributed by atoms with Crippen molar-refractivity contribution in [3.63, 3.8) is 0 Å². The Kier molecular flexibility index (Phi) is 7.91. The standard InChI is InChI=1S/C22H30N5O6P/c1-15(2)31-21(28)22(4,5)33-34(29,32-17-9-7-6-8-10-17)14-30-16(3)11-27-13-26-18-19(23)24-12-25-20(18)27/h6-10,12-13,15-16H,11,14H2,1-5H3,(H2,23,24,25)/t16-,34?/m1/s1. The Labute approximate surface area is 198 Å². The van der Waals surface area contributed by atoms with E-state index in [0.717, 1.165) is 0 Å². The van der Waals surface area contributed by atoms with Crippen molar-refractivity contribution >= 4 is 30.5 Å². The van der Waals surface area contributed by atoms with Crippen LogP contribution < -0.4 is 10.3 Å². The minimum absolute atomic E-state index is 0.280. The van der Waals surface area contributed by atoms with Gasteiger partial charge in [-0.3, -0.25) is 4.52 Å². The van der Waals surface area contributed by atoms with Crippen LogP contribution in [0.15, 0.2) is 43.0 Å². The first-order chi connectivity index (χ1) is 16.0. The van der Waals surface area contributed by atoms with E-state index in [1.54, 1.807) is 62.0 Å². The van der Waals surface area contributed by atoms with Crippen LogP contribution in [-0.2, 0) is 29.9 Å². The highest BCUT2D eigenvalue weighted by atomic mass is 31.2. The zero-order chi connectivity index (χ0) is 24.9. The largest absolute Gasteiger partial charge is 0.461 e. The molecule has 0 amide bonds. The molecule has 0 saturated carbocycles. The Morgan fingerprint density at radius 1 is 1.15 bits per heavy atom. The number of hydrogen-bond acceptors (Lipinski definition) is 10. The lowest BCUT2D eigenvalue weighted by Crippen LogP contribution is -2.38. The minimum atomic E-state index is -3.95. The monoisotopic (exact) mass is 491 g/mol. The summed E-state index contributed by atoms with van der Waals surface area (Å²) in [5, 5.41) is 0. The molecule has 11 nitrogen and oxygen atoms in total. The molecule has 0 radical (unpaired) electrons. The number of nitrogen functional groups attached to an aromatic ring is 1. The summed E-state index contributed by atoms with van der Waals surface area (Å²) in [6.45, 7) is 8.53. The topological polar surface area (TPSA) is 141 Å². The van der Waals surface area contributed by atoms with Gasteiger partial charge >= 0.3 is 13.6 Å². The fraction of sp³-hybridized carbons (Fsp3) is 0.455. The predicted octanol–water partition coefficient (Wildman–Crippen LogP) is 3.79. The summed E-state index contributed by atoms with van der Waals surface area (Å²) in [6, 6.07) is 8.55. The van der Waals surface area contributed by atoms with Crippen LogP contribution in [0.2, 0.25) is 0 Å². The number of nitrogens with zero attached hydrogens (tertiary/aromatic N) is 4. The number of benzene rings is 1. The van der Waals surface area contributed by atoms with Crippen LogP contribution in [-0.4, -0.2) is 49.6 Å².